The highest BCUT2D eigenvalue weighted by Gasteiger charge is 2.45. The summed E-state index contributed by atoms with van der Waals surface area (Å²) in [5.74, 6) is 1.04. The van der Waals surface area contributed by atoms with Gasteiger partial charge in [0.05, 0.1) is 11.1 Å². The van der Waals surface area contributed by atoms with Crippen LogP contribution in [-0.2, 0) is 16.6 Å². The summed E-state index contributed by atoms with van der Waals surface area (Å²) in [5, 5.41) is 3.79. The molecule has 8 nitrogen and oxygen atoms in total. The van der Waals surface area contributed by atoms with Crippen molar-refractivity contribution in [2.24, 2.45) is 18.4 Å². The standard InChI is InChI=1S/C31H38N6O2/c1-19(2)29(38)35-23-11-9-21(10-12-23)26-24(25-27(32)33-18-34-28(25)36(26)3)20-5-7-22(8-6-20)30(39)37-16-15-31(17-37)13-4-14-31/h9-12,18,20,22H,1,4-8,13-17H2,2-3H3,(H,35,38)(H2,32,33,34). The van der Waals surface area contributed by atoms with Gasteiger partial charge in [-0.05, 0) is 86.5 Å². The maximum Gasteiger partial charge on any atom is 0.250 e. The maximum atomic E-state index is 13.4. The number of hydrogen-bond acceptors (Lipinski definition) is 5. The molecule has 3 aromatic rings. The van der Waals surface area contributed by atoms with Crippen LogP contribution in [0.1, 0.15) is 69.8 Å². The minimum absolute atomic E-state index is 0.111. The van der Waals surface area contributed by atoms with Crippen molar-refractivity contribution in [3.05, 3.63) is 48.3 Å². The van der Waals surface area contributed by atoms with E-state index in [-0.39, 0.29) is 17.7 Å². The van der Waals surface area contributed by atoms with E-state index in [2.05, 4.69) is 31.3 Å². The van der Waals surface area contributed by atoms with E-state index in [0.29, 0.717) is 22.7 Å². The fraction of sp³-hybridized carbons (Fsp3) is 0.484. The first-order chi connectivity index (χ1) is 18.8. The number of fused-ring (bicyclic) bond motifs is 1. The van der Waals surface area contributed by atoms with Crippen LogP contribution in [0, 0.1) is 11.3 Å². The summed E-state index contributed by atoms with van der Waals surface area (Å²) in [6, 6.07) is 7.86. The molecular formula is C31H38N6O2. The van der Waals surface area contributed by atoms with Crippen LogP contribution in [0.5, 0.6) is 0 Å². The number of aryl methyl sites for hydroxylation is 1. The molecule has 1 spiro atoms. The molecule has 0 unspecified atom stereocenters. The van der Waals surface area contributed by atoms with Gasteiger partial charge in [-0.2, -0.15) is 0 Å². The maximum absolute atomic E-state index is 13.4. The Balaban J connectivity index is 1.26. The Morgan fingerprint density at radius 2 is 1.79 bits per heavy atom. The number of carbonyl (C=O) groups excluding carboxylic acids is 2. The van der Waals surface area contributed by atoms with Crippen molar-refractivity contribution in [1.29, 1.82) is 0 Å². The molecule has 2 aromatic heterocycles. The van der Waals surface area contributed by atoms with Crippen molar-refractivity contribution < 1.29 is 9.59 Å². The fourth-order valence-electron chi connectivity index (χ4n) is 7.10. The summed E-state index contributed by atoms with van der Waals surface area (Å²) < 4.78 is 2.10. The Labute approximate surface area is 229 Å². The van der Waals surface area contributed by atoms with Gasteiger partial charge in [0, 0.05) is 37.3 Å². The monoisotopic (exact) mass is 526 g/mol. The zero-order valence-corrected chi connectivity index (χ0v) is 23.0. The molecule has 2 amide bonds. The van der Waals surface area contributed by atoms with Gasteiger partial charge >= 0.3 is 0 Å². The zero-order chi connectivity index (χ0) is 27.3. The van der Waals surface area contributed by atoms with Gasteiger partial charge in [-0.15, -0.1) is 0 Å². The molecule has 2 saturated carbocycles. The molecule has 2 aliphatic carbocycles. The van der Waals surface area contributed by atoms with Gasteiger partial charge in [-0.25, -0.2) is 9.97 Å². The van der Waals surface area contributed by atoms with Crippen LogP contribution >= 0.6 is 0 Å². The molecule has 8 heteroatoms. The smallest absolute Gasteiger partial charge is 0.250 e. The van der Waals surface area contributed by atoms with Gasteiger partial charge in [-0.3, -0.25) is 9.59 Å². The molecule has 3 aliphatic rings. The second-order valence-corrected chi connectivity index (χ2v) is 12.0. The number of amides is 2. The summed E-state index contributed by atoms with van der Waals surface area (Å²) in [7, 11) is 2.02. The van der Waals surface area contributed by atoms with Crippen molar-refractivity contribution in [3.63, 3.8) is 0 Å². The molecule has 0 atom stereocenters. The molecule has 3 heterocycles. The van der Waals surface area contributed by atoms with Crippen LogP contribution in [0.25, 0.3) is 22.3 Å². The van der Waals surface area contributed by atoms with E-state index in [9.17, 15) is 9.59 Å². The van der Waals surface area contributed by atoms with Crippen LogP contribution in [0.4, 0.5) is 11.5 Å². The molecule has 1 aliphatic heterocycles. The topological polar surface area (TPSA) is 106 Å². The highest BCUT2D eigenvalue weighted by atomic mass is 16.2. The third-order valence-corrected chi connectivity index (χ3v) is 9.49. The number of nitrogens with one attached hydrogen (secondary N) is 1. The van der Waals surface area contributed by atoms with E-state index in [1.165, 1.54) is 37.6 Å². The van der Waals surface area contributed by atoms with Crippen molar-refractivity contribution in [1.82, 2.24) is 19.4 Å². The van der Waals surface area contributed by atoms with Gasteiger partial charge in [-0.1, -0.05) is 25.1 Å². The number of rotatable bonds is 5. The number of nitrogen functional groups attached to an aromatic ring is 1. The summed E-state index contributed by atoms with van der Waals surface area (Å²) in [6.07, 6.45) is 10.2. The number of anilines is 2. The van der Waals surface area contributed by atoms with E-state index in [4.69, 9.17) is 5.73 Å². The minimum Gasteiger partial charge on any atom is -0.383 e. The third-order valence-electron chi connectivity index (χ3n) is 9.49. The number of nitrogens with two attached hydrogens (primary N) is 1. The predicted octanol–water partition coefficient (Wildman–Crippen LogP) is 5.41. The number of nitrogens with zero attached hydrogens (tertiary/aromatic N) is 4. The Morgan fingerprint density at radius 3 is 2.41 bits per heavy atom. The number of hydrogen-bond donors (Lipinski definition) is 2. The molecule has 6 rings (SSSR count). The second kappa shape index (κ2) is 9.81. The SMILES string of the molecule is C=C(C)C(=O)Nc1ccc(-c2c(C3CCC(C(=O)N4CCC5(CCC5)C4)CC3)c3c(N)ncnc3n2C)cc1. The van der Waals surface area contributed by atoms with Crippen molar-refractivity contribution in [2.45, 2.75) is 64.2 Å². The molecular weight excluding hydrogens is 488 g/mol. The van der Waals surface area contributed by atoms with Gasteiger partial charge in [0.2, 0.25) is 5.91 Å². The Bertz CT molecular complexity index is 1440. The van der Waals surface area contributed by atoms with E-state index < -0.39 is 0 Å². The van der Waals surface area contributed by atoms with Crippen LogP contribution in [0.15, 0.2) is 42.7 Å². The molecule has 204 valence electrons. The quantitative estimate of drug-likeness (QED) is 0.433. The summed E-state index contributed by atoms with van der Waals surface area (Å²) in [5.41, 5.74) is 12.1. The van der Waals surface area contributed by atoms with Gasteiger partial charge < -0.3 is 20.5 Å². The average Bonchev–Trinajstić information content (AvgIpc) is 3.50. The van der Waals surface area contributed by atoms with E-state index >= 15 is 0 Å². The van der Waals surface area contributed by atoms with Gasteiger partial charge in [0.25, 0.3) is 5.91 Å². The molecule has 0 radical (unpaired) electrons. The molecule has 1 saturated heterocycles. The Kier molecular flexibility index (Phi) is 6.44. The largest absolute Gasteiger partial charge is 0.383 e. The fourth-order valence-corrected chi connectivity index (χ4v) is 7.10. The summed E-state index contributed by atoms with van der Waals surface area (Å²) in [6.45, 7) is 7.30. The number of benzene rings is 1. The lowest BCUT2D eigenvalue weighted by Crippen LogP contribution is -2.39. The van der Waals surface area contributed by atoms with E-state index in [1.54, 1.807) is 6.92 Å². The molecule has 1 aromatic carbocycles. The van der Waals surface area contributed by atoms with Crippen LogP contribution in [0.2, 0.25) is 0 Å². The van der Waals surface area contributed by atoms with Gasteiger partial charge in [0.15, 0.2) is 0 Å². The number of carbonyl (C=O) groups is 2. The van der Waals surface area contributed by atoms with Crippen molar-refractivity contribution in [3.8, 4) is 11.3 Å². The number of aromatic nitrogens is 3. The van der Waals surface area contributed by atoms with Crippen molar-refractivity contribution in [2.75, 3.05) is 24.1 Å². The lowest BCUT2D eigenvalue weighted by Gasteiger charge is -2.38. The Morgan fingerprint density at radius 1 is 1.08 bits per heavy atom. The first kappa shape index (κ1) is 25.6. The summed E-state index contributed by atoms with van der Waals surface area (Å²) in [4.78, 5) is 36.6. The number of likely N-dealkylation sites (tertiary alicyclic amines) is 1. The first-order valence-corrected chi connectivity index (χ1v) is 14.2. The second-order valence-electron chi connectivity index (χ2n) is 12.0. The van der Waals surface area contributed by atoms with Gasteiger partial charge in [0.1, 0.15) is 17.8 Å². The van der Waals surface area contributed by atoms with Crippen LogP contribution < -0.4 is 11.1 Å². The highest BCUT2D eigenvalue weighted by molar-refractivity contribution is 6.03. The van der Waals surface area contributed by atoms with Crippen LogP contribution in [-0.4, -0.2) is 44.3 Å². The molecule has 39 heavy (non-hydrogen) atoms. The van der Waals surface area contributed by atoms with Crippen molar-refractivity contribution >= 4 is 34.4 Å². The predicted molar refractivity (Wildman–Crippen MR) is 154 cm³/mol. The zero-order valence-electron chi connectivity index (χ0n) is 23.0. The van der Waals surface area contributed by atoms with E-state index in [1.807, 2.05) is 31.3 Å². The molecule has 3 fully saturated rings. The first-order valence-electron chi connectivity index (χ1n) is 14.2. The summed E-state index contributed by atoms with van der Waals surface area (Å²) >= 11 is 0. The third kappa shape index (κ3) is 4.49. The van der Waals surface area contributed by atoms with Crippen LogP contribution in [0.3, 0.4) is 0 Å². The Hall–Kier alpha value is -3.68. The van der Waals surface area contributed by atoms with E-state index in [0.717, 1.165) is 66.8 Å². The average molecular weight is 527 g/mol. The highest BCUT2D eigenvalue weighted by Crippen LogP contribution is 2.49. The lowest BCUT2D eigenvalue weighted by molar-refractivity contribution is -0.136. The minimum atomic E-state index is -0.195. The molecule has 3 N–H and O–H groups in total. The normalized spacial score (nSPS) is 22.2. The molecule has 0 bridgehead atoms. The lowest BCUT2D eigenvalue weighted by atomic mass is 9.68.